The number of hydrogen-bond donors (Lipinski definition) is 0. The molecule has 33 heavy (non-hydrogen) atoms. The van der Waals surface area contributed by atoms with Crippen LogP contribution >= 0.6 is 11.3 Å². The molecule has 1 aromatic heterocycles. The second-order valence-electron chi connectivity index (χ2n) is 7.51. The number of benzene rings is 1. The fraction of sp³-hybridized carbons (Fsp3) is 0.522. The predicted molar refractivity (Wildman–Crippen MR) is 131 cm³/mol. The van der Waals surface area contributed by atoms with Crippen LogP contribution in [0.3, 0.4) is 0 Å². The van der Waals surface area contributed by atoms with E-state index < -0.39 is 10.0 Å². The van der Waals surface area contributed by atoms with Gasteiger partial charge in [0.1, 0.15) is 0 Å². The second-order valence-corrected chi connectivity index (χ2v) is 10.8. The van der Waals surface area contributed by atoms with Crippen LogP contribution in [0.1, 0.15) is 22.9 Å². The van der Waals surface area contributed by atoms with Crippen molar-refractivity contribution in [2.24, 2.45) is 0 Å². The first-order valence-electron chi connectivity index (χ1n) is 10.7. The molecule has 0 spiro atoms. The van der Waals surface area contributed by atoms with E-state index in [2.05, 4.69) is 0 Å². The van der Waals surface area contributed by atoms with Gasteiger partial charge in [0.2, 0.25) is 15.9 Å². The van der Waals surface area contributed by atoms with E-state index in [4.69, 9.17) is 14.2 Å². The standard InChI is InChI=1S/C23H34N2O6S2/c1-6-33(27,28)25(12-13-29-3)17-23(26)24(16-22-18(2)10-14-32-22)11-9-19-7-8-20(30-4)21(15-19)31-5/h7-8,10,14-15H,6,9,11-13,16-17H2,1-5H3. The molecule has 0 saturated heterocycles. The smallest absolute Gasteiger partial charge is 0.238 e. The van der Waals surface area contributed by atoms with Crippen molar-refractivity contribution in [1.29, 1.82) is 0 Å². The summed E-state index contributed by atoms with van der Waals surface area (Å²) in [5.41, 5.74) is 2.10. The van der Waals surface area contributed by atoms with Gasteiger partial charge in [-0.05, 0) is 55.0 Å². The van der Waals surface area contributed by atoms with Gasteiger partial charge in [-0.2, -0.15) is 4.31 Å². The number of amides is 1. The van der Waals surface area contributed by atoms with Crippen LogP contribution in [-0.2, 0) is 32.5 Å². The highest BCUT2D eigenvalue weighted by molar-refractivity contribution is 7.89. The molecule has 0 saturated carbocycles. The summed E-state index contributed by atoms with van der Waals surface area (Å²) in [4.78, 5) is 16.1. The molecule has 0 fully saturated rings. The normalized spacial score (nSPS) is 11.6. The van der Waals surface area contributed by atoms with Gasteiger partial charge in [0, 0.05) is 25.1 Å². The minimum absolute atomic E-state index is 0.0698. The number of hydrogen-bond acceptors (Lipinski definition) is 7. The van der Waals surface area contributed by atoms with Gasteiger partial charge in [0.15, 0.2) is 11.5 Å². The van der Waals surface area contributed by atoms with Crippen molar-refractivity contribution in [3.8, 4) is 11.5 Å². The van der Waals surface area contributed by atoms with Crippen LogP contribution in [0.5, 0.6) is 11.5 Å². The lowest BCUT2D eigenvalue weighted by Gasteiger charge is -2.27. The van der Waals surface area contributed by atoms with E-state index in [0.29, 0.717) is 31.0 Å². The maximum absolute atomic E-state index is 13.3. The highest BCUT2D eigenvalue weighted by atomic mass is 32.2. The zero-order valence-corrected chi connectivity index (χ0v) is 21.6. The molecule has 0 aliphatic heterocycles. The number of rotatable bonds is 14. The lowest BCUT2D eigenvalue weighted by Crippen LogP contribution is -2.44. The Hall–Kier alpha value is -2.14. The number of thiophene rings is 1. The third-order valence-corrected chi connectivity index (χ3v) is 8.22. The lowest BCUT2D eigenvalue weighted by atomic mass is 10.1. The third-order valence-electron chi connectivity index (χ3n) is 5.39. The second kappa shape index (κ2) is 12.9. The Labute approximate surface area is 201 Å². The quantitative estimate of drug-likeness (QED) is 0.398. The summed E-state index contributed by atoms with van der Waals surface area (Å²) < 4.78 is 42.0. The zero-order valence-electron chi connectivity index (χ0n) is 20.0. The van der Waals surface area contributed by atoms with Gasteiger partial charge in [-0.1, -0.05) is 6.07 Å². The maximum Gasteiger partial charge on any atom is 0.238 e. The summed E-state index contributed by atoms with van der Waals surface area (Å²) >= 11 is 1.59. The van der Waals surface area contributed by atoms with E-state index in [1.165, 1.54) is 11.4 Å². The van der Waals surface area contributed by atoms with Crippen molar-refractivity contribution in [2.45, 2.75) is 26.8 Å². The molecule has 184 valence electrons. The van der Waals surface area contributed by atoms with Gasteiger partial charge in [0.05, 0.1) is 39.7 Å². The van der Waals surface area contributed by atoms with E-state index in [1.807, 2.05) is 36.6 Å². The molecule has 1 heterocycles. The Bertz CT molecular complexity index is 1010. The fourth-order valence-corrected chi connectivity index (χ4v) is 5.22. The highest BCUT2D eigenvalue weighted by Gasteiger charge is 2.26. The van der Waals surface area contributed by atoms with E-state index >= 15 is 0 Å². The molecule has 0 bridgehead atoms. The summed E-state index contributed by atoms with van der Waals surface area (Å²) in [6.07, 6.45) is 0.592. The third kappa shape index (κ3) is 7.70. The van der Waals surface area contributed by atoms with Crippen LogP contribution in [0.25, 0.3) is 0 Å². The summed E-state index contributed by atoms with van der Waals surface area (Å²) in [7, 11) is 1.14. The van der Waals surface area contributed by atoms with Gasteiger partial charge >= 0.3 is 0 Å². The molecule has 0 aliphatic rings. The molecule has 0 atom stereocenters. The summed E-state index contributed by atoms with van der Waals surface area (Å²) in [6, 6.07) is 7.69. The van der Waals surface area contributed by atoms with Crippen LogP contribution in [0.2, 0.25) is 0 Å². The fourth-order valence-electron chi connectivity index (χ4n) is 3.27. The summed E-state index contributed by atoms with van der Waals surface area (Å²) in [5, 5.41) is 1.99. The average molecular weight is 499 g/mol. The molecule has 10 heteroatoms. The number of nitrogens with zero attached hydrogens (tertiary/aromatic N) is 2. The molecule has 1 aromatic carbocycles. The van der Waals surface area contributed by atoms with Gasteiger partial charge in [-0.3, -0.25) is 4.79 Å². The van der Waals surface area contributed by atoms with Gasteiger partial charge in [-0.25, -0.2) is 8.42 Å². The Balaban J connectivity index is 2.22. The van der Waals surface area contributed by atoms with Crippen LogP contribution < -0.4 is 9.47 Å². The minimum atomic E-state index is -3.54. The minimum Gasteiger partial charge on any atom is -0.493 e. The predicted octanol–water partition coefficient (Wildman–Crippen LogP) is 2.94. The van der Waals surface area contributed by atoms with Gasteiger partial charge in [0.25, 0.3) is 0 Å². The number of methoxy groups -OCH3 is 3. The number of carbonyl (C=O) groups is 1. The first kappa shape index (κ1) is 27.1. The zero-order chi connectivity index (χ0) is 24.4. The Kier molecular flexibility index (Phi) is 10.6. The maximum atomic E-state index is 13.3. The molecule has 0 unspecified atom stereocenters. The summed E-state index contributed by atoms with van der Waals surface area (Å²) in [6.45, 7) is 4.60. The largest absolute Gasteiger partial charge is 0.493 e. The highest BCUT2D eigenvalue weighted by Crippen LogP contribution is 2.28. The number of carbonyl (C=O) groups excluding carboxylic acids is 1. The topological polar surface area (TPSA) is 85.4 Å². The van der Waals surface area contributed by atoms with Crippen molar-refractivity contribution in [2.75, 3.05) is 53.3 Å². The SMILES string of the molecule is CCS(=O)(=O)N(CCOC)CC(=O)N(CCc1ccc(OC)c(OC)c1)Cc1sccc1C. The number of aryl methyl sites for hydroxylation is 1. The monoisotopic (exact) mass is 498 g/mol. The Morgan fingerprint density at radius 2 is 1.79 bits per heavy atom. The lowest BCUT2D eigenvalue weighted by molar-refractivity contribution is -0.132. The van der Waals surface area contributed by atoms with Crippen molar-refractivity contribution >= 4 is 27.3 Å². The van der Waals surface area contributed by atoms with E-state index in [0.717, 1.165) is 16.0 Å². The number of ether oxygens (including phenoxy) is 3. The molecular weight excluding hydrogens is 464 g/mol. The van der Waals surface area contributed by atoms with Crippen LogP contribution in [0, 0.1) is 6.92 Å². The van der Waals surface area contributed by atoms with E-state index in [1.54, 1.807) is 37.4 Å². The van der Waals surface area contributed by atoms with Crippen molar-refractivity contribution in [1.82, 2.24) is 9.21 Å². The van der Waals surface area contributed by atoms with E-state index in [9.17, 15) is 13.2 Å². The molecule has 0 N–H and O–H groups in total. The average Bonchev–Trinajstić information content (AvgIpc) is 3.22. The first-order valence-corrected chi connectivity index (χ1v) is 13.2. The van der Waals surface area contributed by atoms with Crippen molar-refractivity contribution < 1.29 is 27.4 Å². The summed E-state index contributed by atoms with van der Waals surface area (Å²) in [5.74, 6) is 0.958. The van der Waals surface area contributed by atoms with Crippen molar-refractivity contribution in [3.05, 3.63) is 45.6 Å². The van der Waals surface area contributed by atoms with Gasteiger partial charge < -0.3 is 19.1 Å². The number of sulfonamides is 1. The van der Waals surface area contributed by atoms with Crippen LogP contribution in [-0.4, -0.2) is 76.9 Å². The molecule has 2 aromatic rings. The van der Waals surface area contributed by atoms with Crippen LogP contribution in [0.4, 0.5) is 0 Å². The molecule has 0 radical (unpaired) electrons. The Morgan fingerprint density at radius 3 is 2.36 bits per heavy atom. The molecule has 0 aliphatic carbocycles. The molecule has 2 rings (SSSR count). The van der Waals surface area contributed by atoms with Crippen LogP contribution in [0.15, 0.2) is 29.6 Å². The molecule has 1 amide bonds. The molecule has 8 nitrogen and oxygen atoms in total. The van der Waals surface area contributed by atoms with Gasteiger partial charge in [-0.15, -0.1) is 11.3 Å². The Morgan fingerprint density at radius 1 is 1.06 bits per heavy atom. The van der Waals surface area contributed by atoms with E-state index in [-0.39, 0.29) is 31.4 Å². The molecular formula is C23H34N2O6S2. The first-order chi connectivity index (χ1) is 15.7. The van der Waals surface area contributed by atoms with Crippen molar-refractivity contribution in [3.63, 3.8) is 0 Å².